The highest BCUT2D eigenvalue weighted by molar-refractivity contribution is 5.77. The first-order valence-corrected chi connectivity index (χ1v) is 3.87. The molecule has 0 aliphatic heterocycles. The fourth-order valence-electron chi connectivity index (χ4n) is 1.20. The molecule has 3 heteroatoms. The van der Waals surface area contributed by atoms with E-state index in [0.717, 1.165) is 0 Å². The van der Waals surface area contributed by atoms with E-state index in [1.54, 1.807) is 18.2 Å². The van der Waals surface area contributed by atoms with Crippen LogP contribution in [-0.4, -0.2) is 7.11 Å². The van der Waals surface area contributed by atoms with Crippen LogP contribution in [0.15, 0.2) is 39.7 Å². The average Bonchev–Trinajstić information content (AvgIpc) is 2.19. The molecule has 13 heavy (non-hydrogen) atoms. The van der Waals surface area contributed by atoms with Crippen LogP contribution in [0.2, 0.25) is 0 Å². The van der Waals surface area contributed by atoms with Crippen molar-refractivity contribution in [1.29, 1.82) is 0 Å². The molecule has 1 aromatic heterocycles. The number of rotatable bonds is 1. The number of hydrogen-bond acceptors (Lipinski definition) is 3. The first kappa shape index (κ1) is 7.86. The number of fused-ring (bicyclic) bond motifs is 1. The summed E-state index contributed by atoms with van der Waals surface area (Å²) in [6, 6.07) is 7.07. The van der Waals surface area contributed by atoms with Gasteiger partial charge in [0.1, 0.15) is 11.8 Å². The Balaban J connectivity index is 2.87. The SMILES string of the molecule is COc1coc2ccccc2c1=O. The molecule has 0 saturated heterocycles. The van der Waals surface area contributed by atoms with Crippen LogP contribution in [-0.2, 0) is 0 Å². The molecule has 1 heterocycles. The van der Waals surface area contributed by atoms with Gasteiger partial charge in [0.05, 0.1) is 12.5 Å². The summed E-state index contributed by atoms with van der Waals surface area (Å²) in [6.45, 7) is 0. The molecule has 2 aromatic rings. The summed E-state index contributed by atoms with van der Waals surface area (Å²) in [4.78, 5) is 11.6. The fraction of sp³-hybridized carbons (Fsp3) is 0.100. The van der Waals surface area contributed by atoms with Gasteiger partial charge in [0.25, 0.3) is 0 Å². The number of para-hydroxylation sites is 1. The minimum atomic E-state index is -0.135. The van der Waals surface area contributed by atoms with Crippen molar-refractivity contribution in [3.05, 3.63) is 40.8 Å². The molecule has 0 unspecified atom stereocenters. The van der Waals surface area contributed by atoms with Gasteiger partial charge in [-0.05, 0) is 12.1 Å². The Kier molecular flexibility index (Phi) is 1.77. The molecule has 0 N–H and O–H groups in total. The second kappa shape index (κ2) is 2.94. The Morgan fingerprint density at radius 1 is 1.31 bits per heavy atom. The van der Waals surface area contributed by atoms with Gasteiger partial charge in [-0.3, -0.25) is 4.79 Å². The molecule has 2 rings (SSSR count). The summed E-state index contributed by atoms with van der Waals surface area (Å²) in [7, 11) is 1.45. The Bertz CT molecular complexity index is 485. The molecule has 1 aromatic carbocycles. The maximum Gasteiger partial charge on any atom is 0.234 e. The van der Waals surface area contributed by atoms with Gasteiger partial charge in [0, 0.05) is 0 Å². The highest BCUT2D eigenvalue weighted by Crippen LogP contribution is 2.13. The van der Waals surface area contributed by atoms with Crippen LogP contribution in [0.1, 0.15) is 0 Å². The molecule has 0 amide bonds. The van der Waals surface area contributed by atoms with Gasteiger partial charge >= 0.3 is 0 Å². The van der Waals surface area contributed by atoms with E-state index in [1.807, 2.05) is 6.07 Å². The molecule has 3 nitrogen and oxygen atoms in total. The second-order valence-electron chi connectivity index (χ2n) is 2.63. The van der Waals surface area contributed by atoms with Crippen LogP contribution < -0.4 is 10.2 Å². The van der Waals surface area contributed by atoms with Gasteiger partial charge in [0.2, 0.25) is 11.2 Å². The van der Waals surface area contributed by atoms with E-state index in [1.165, 1.54) is 13.4 Å². The van der Waals surface area contributed by atoms with Crippen molar-refractivity contribution in [1.82, 2.24) is 0 Å². The first-order valence-electron chi connectivity index (χ1n) is 3.87. The van der Waals surface area contributed by atoms with Crippen molar-refractivity contribution in [3.8, 4) is 5.75 Å². The summed E-state index contributed by atoms with van der Waals surface area (Å²) < 4.78 is 10.0. The Morgan fingerprint density at radius 3 is 2.85 bits per heavy atom. The van der Waals surface area contributed by atoms with Crippen LogP contribution in [0, 0.1) is 0 Å². The van der Waals surface area contributed by atoms with E-state index in [-0.39, 0.29) is 11.2 Å². The van der Waals surface area contributed by atoms with E-state index < -0.39 is 0 Å². The summed E-state index contributed by atoms with van der Waals surface area (Å²) in [5.74, 6) is 0.235. The van der Waals surface area contributed by atoms with Crippen LogP contribution >= 0.6 is 0 Å². The minimum absolute atomic E-state index is 0.135. The number of ether oxygens (including phenoxy) is 1. The maximum atomic E-state index is 11.6. The van der Waals surface area contributed by atoms with E-state index in [0.29, 0.717) is 11.0 Å². The molecule has 0 spiro atoms. The van der Waals surface area contributed by atoms with Gasteiger partial charge < -0.3 is 9.15 Å². The summed E-state index contributed by atoms with van der Waals surface area (Å²) in [5.41, 5.74) is 0.442. The highest BCUT2D eigenvalue weighted by Gasteiger charge is 2.04. The third-order valence-corrected chi connectivity index (χ3v) is 1.87. The molecule has 66 valence electrons. The lowest BCUT2D eigenvalue weighted by Crippen LogP contribution is -2.04. The number of methoxy groups -OCH3 is 1. The fourth-order valence-corrected chi connectivity index (χ4v) is 1.20. The third-order valence-electron chi connectivity index (χ3n) is 1.87. The van der Waals surface area contributed by atoms with Crippen molar-refractivity contribution in [2.24, 2.45) is 0 Å². The maximum absolute atomic E-state index is 11.6. The molecule has 0 atom stereocenters. The lowest BCUT2D eigenvalue weighted by atomic mass is 10.2. The van der Waals surface area contributed by atoms with Crippen molar-refractivity contribution in [2.75, 3.05) is 7.11 Å². The Hall–Kier alpha value is -1.77. The minimum Gasteiger partial charge on any atom is -0.490 e. The smallest absolute Gasteiger partial charge is 0.234 e. The largest absolute Gasteiger partial charge is 0.490 e. The molecular formula is C10H8O3. The zero-order valence-electron chi connectivity index (χ0n) is 7.11. The molecule has 0 bridgehead atoms. The number of benzene rings is 1. The van der Waals surface area contributed by atoms with Gasteiger partial charge in [0.15, 0.2) is 0 Å². The van der Waals surface area contributed by atoms with Crippen molar-refractivity contribution in [2.45, 2.75) is 0 Å². The van der Waals surface area contributed by atoms with Gasteiger partial charge in [-0.2, -0.15) is 0 Å². The van der Waals surface area contributed by atoms with E-state index in [2.05, 4.69) is 0 Å². The van der Waals surface area contributed by atoms with Crippen molar-refractivity contribution in [3.63, 3.8) is 0 Å². The normalized spacial score (nSPS) is 10.2. The molecule has 0 aliphatic carbocycles. The van der Waals surface area contributed by atoms with Crippen LogP contribution in [0.3, 0.4) is 0 Å². The third kappa shape index (κ3) is 1.18. The topological polar surface area (TPSA) is 39.4 Å². The van der Waals surface area contributed by atoms with E-state index in [4.69, 9.17) is 9.15 Å². The lowest BCUT2D eigenvalue weighted by molar-refractivity contribution is 0.394. The van der Waals surface area contributed by atoms with Crippen molar-refractivity contribution < 1.29 is 9.15 Å². The molecular weight excluding hydrogens is 168 g/mol. The average molecular weight is 176 g/mol. The van der Waals surface area contributed by atoms with E-state index in [9.17, 15) is 4.79 Å². The summed E-state index contributed by atoms with van der Waals surface area (Å²) in [6.07, 6.45) is 1.32. The predicted molar refractivity (Wildman–Crippen MR) is 49.0 cm³/mol. The van der Waals surface area contributed by atoms with Crippen LogP contribution in [0.4, 0.5) is 0 Å². The van der Waals surface area contributed by atoms with Crippen molar-refractivity contribution >= 4 is 11.0 Å². The number of hydrogen-bond donors (Lipinski definition) is 0. The quantitative estimate of drug-likeness (QED) is 0.665. The predicted octanol–water partition coefficient (Wildman–Crippen LogP) is 1.80. The summed E-state index contributed by atoms with van der Waals surface area (Å²) >= 11 is 0. The summed E-state index contributed by atoms with van der Waals surface area (Å²) in [5, 5.41) is 0.543. The zero-order valence-corrected chi connectivity index (χ0v) is 7.11. The second-order valence-corrected chi connectivity index (χ2v) is 2.63. The standard InChI is InChI=1S/C10H8O3/c1-12-9-6-13-8-5-3-2-4-7(8)10(9)11/h2-6H,1H3. The molecule has 0 radical (unpaired) electrons. The Labute approximate surface area is 74.6 Å². The van der Waals surface area contributed by atoms with Crippen LogP contribution in [0.5, 0.6) is 5.75 Å². The highest BCUT2D eigenvalue weighted by atomic mass is 16.5. The van der Waals surface area contributed by atoms with E-state index >= 15 is 0 Å². The molecule has 0 aliphatic rings. The molecule has 0 fully saturated rings. The Morgan fingerprint density at radius 2 is 2.08 bits per heavy atom. The van der Waals surface area contributed by atoms with Gasteiger partial charge in [-0.1, -0.05) is 12.1 Å². The first-order chi connectivity index (χ1) is 6.33. The monoisotopic (exact) mass is 176 g/mol. The van der Waals surface area contributed by atoms with Gasteiger partial charge in [-0.15, -0.1) is 0 Å². The van der Waals surface area contributed by atoms with Crippen LogP contribution in [0.25, 0.3) is 11.0 Å². The van der Waals surface area contributed by atoms with Gasteiger partial charge in [-0.25, -0.2) is 0 Å². The lowest BCUT2D eigenvalue weighted by Gasteiger charge is -1.99. The zero-order chi connectivity index (χ0) is 9.26. The molecule has 0 saturated carbocycles.